The number of ether oxygens (including phenoxy) is 1. The molecule has 0 unspecified atom stereocenters. The van der Waals surface area contributed by atoms with Crippen molar-refractivity contribution in [1.29, 1.82) is 0 Å². The predicted molar refractivity (Wildman–Crippen MR) is 129 cm³/mol. The van der Waals surface area contributed by atoms with Gasteiger partial charge in [0.2, 0.25) is 0 Å². The van der Waals surface area contributed by atoms with Gasteiger partial charge in [-0.05, 0) is 110 Å². The van der Waals surface area contributed by atoms with Crippen molar-refractivity contribution in [2.24, 2.45) is 52.3 Å². The summed E-state index contributed by atoms with van der Waals surface area (Å²) in [6.45, 7) is 14.0. The molecule has 176 valence electrons. The first-order chi connectivity index (χ1) is 14.7. The number of carbonyl (C=O) groups excluding carboxylic acids is 1. The Morgan fingerprint density at radius 2 is 1.68 bits per heavy atom. The highest BCUT2D eigenvalue weighted by Crippen LogP contribution is 2.68. The third-order valence-corrected chi connectivity index (χ3v) is 11.0. The van der Waals surface area contributed by atoms with Crippen LogP contribution in [0.5, 0.6) is 0 Å². The summed E-state index contributed by atoms with van der Waals surface area (Å²) in [6, 6.07) is 0. The molecule has 4 fully saturated rings. The molecule has 31 heavy (non-hydrogen) atoms. The molecular formula is C29H48O2. The summed E-state index contributed by atoms with van der Waals surface area (Å²) in [6.07, 6.45) is 18.5. The number of hydrogen-bond donors (Lipinski definition) is 0. The summed E-state index contributed by atoms with van der Waals surface area (Å²) in [7, 11) is 0. The minimum absolute atomic E-state index is 0.0933. The van der Waals surface area contributed by atoms with Crippen LogP contribution >= 0.6 is 0 Å². The van der Waals surface area contributed by atoms with Gasteiger partial charge in [-0.1, -0.05) is 53.2 Å². The van der Waals surface area contributed by atoms with E-state index in [-0.39, 0.29) is 12.1 Å². The average molecular weight is 429 g/mol. The zero-order valence-corrected chi connectivity index (χ0v) is 21.2. The zero-order valence-electron chi connectivity index (χ0n) is 21.2. The number of hydrogen-bond acceptors (Lipinski definition) is 2. The summed E-state index contributed by atoms with van der Waals surface area (Å²) >= 11 is 0. The van der Waals surface area contributed by atoms with Gasteiger partial charge in [0.1, 0.15) is 6.10 Å². The second kappa shape index (κ2) is 8.86. The zero-order chi connectivity index (χ0) is 22.4. The van der Waals surface area contributed by atoms with Crippen LogP contribution in [-0.4, -0.2) is 12.1 Å². The van der Waals surface area contributed by atoms with Crippen molar-refractivity contribution in [1.82, 2.24) is 0 Å². The van der Waals surface area contributed by atoms with Crippen LogP contribution in [0.3, 0.4) is 0 Å². The summed E-state index contributed by atoms with van der Waals surface area (Å²) in [5.41, 5.74) is 1.01. The van der Waals surface area contributed by atoms with Crippen LogP contribution < -0.4 is 0 Å². The molecule has 0 spiro atoms. The smallest absolute Gasteiger partial charge is 0.302 e. The van der Waals surface area contributed by atoms with Gasteiger partial charge in [-0.15, -0.1) is 0 Å². The fourth-order valence-corrected chi connectivity index (χ4v) is 9.10. The molecule has 0 saturated heterocycles. The highest BCUT2D eigenvalue weighted by atomic mass is 16.5. The van der Waals surface area contributed by atoms with Crippen molar-refractivity contribution in [2.45, 2.75) is 112 Å². The lowest BCUT2D eigenvalue weighted by Gasteiger charge is -2.61. The minimum Gasteiger partial charge on any atom is -0.463 e. The molecule has 4 rings (SSSR count). The number of allylic oxidation sites excluding steroid dienone is 2. The molecular weight excluding hydrogens is 380 g/mol. The van der Waals surface area contributed by atoms with Gasteiger partial charge in [-0.3, -0.25) is 4.79 Å². The standard InChI is InChI=1S/C29H48O2/c1-7-19(2)8-9-20(3)25-12-13-26-24-11-10-22-18-23(31-21(4)30)14-16-28(22,5)27(24)15-17-29(25,26)6/h8-9,19-20,22-27H,7,10-18H2,1-6H3/b9-8+/t19-,20+,22-,23-,24-,25+,26-,27-,28-,29+/m0/s1. The quantitative estimate of drug-likeness (QED) is 0.329. The molecule has 4 aliphatic rings. The van der Waals surface area contributed by atoms with Crippen LogP contribution in [0.2, 0.25) is 0 Å². The Labute approximate surface area is 192 Å². The van der Waals surface area contributed by atoms with Gasteiger partial charge in [-0.25, -0.2) is 0 Å². The van der Waals surface area contributed by atoms with E-state index in [1.807, 2.05) is 0 Å². The molecule has 0 amide bonds. The molecule has 2 heteroatoms. The topological polar surface area (TPSA) is 26.3 Å². The predicted octanol–water partition coefficient (Wildman–Crippen LogP) is 7.82. The van der Waals surface area contributed by atoms with Crippen LogP contribution in [0.25, 0.3) is 0 Å². The van der Waals surface area contributed by atoms with Crippen molar-refractivity contribution >= 4 is 5.97 Å². The first-order valence-corrected chi connectivity index (χ1v) is 13.5. The fourth-order valence-electron chi connectivity index (χ4n) is 9.10. The third-order valence-electron chi connectivity index (χ3n) is 11.0. The Hall–Kier alpha value is -0.790. The van der Waals surface area contributed by atoms with E-state index in [1.165, 1.54) is 51.4 Å². The van der Waals surface area contributed by atoms with Gasteiger partial charge in [0.05, 0.1) is 0 Å². The van der Waals surface area contributed by atoms with Crippen molar-refractivity contribution in [2.75, 3.05) is 0 Å². The third kappa shape index (κ3) is 4.15. The lowest BCUT2D eigenvalue weighted by molar-refractivity contribution is -0.160. The Morgan fingerprint density at radius 1 is 0.968 bits per heavy atom. The van der Waals surface area contributed by atoms with E-state index < -0.39 is 0 Å². The van der Waals surface area contributed by atoms with Crippen molar-refractivity contribution in [3.05, 3.63) is 12.2 Å². The number of carbonyl (C=O) groups is 1. The number of fused-ring (bicyclic) bond motifs is 5. The van der Waals surface area contributed by atoms with Gasteiger partial charge in [-0.2, -0.15) is 0 Å². The summed E-state index contributed by atoms with van der Waals surface area (Å²) in [4.78, 5) is 11.5. The molecule has 0 aromatic rings. The van der Waals surface area contributed by atoms with Crippen molar-refractivity contribution in [3.63, 3.8) is 0 Å². The molecule has 4 aliphatic carbocycles. The van der Waals surface area contributed by atoms with Gasteiger partial charge >= 0.3 is 5.97 Å². The second-order valence-electron chi connectivity index (χ2n) is 12.5. The van der Waals surface area contributed by atoms with E-state index in [0.29, 0.717) is 22.7 Å². The molecule has 0 radical (unpaired) electrons. The van der Waals surface area contributed by atoms with Crippen LogP contribution in [0.15, 0.2) is 12.2 Å². The highest BCUT2D eigenvalue weighted by Gasteiger charge is 2.60. The van der Waals surface area contributed by atoms with E-state index in [4.69, 9.17) is 4.74 Å². The molecule has 0 aromatic heterocycles. The highest BCUT2D eigenvalue weighted by molar-refractivity contribution is 5.66. The normalized spacial score (nSPS) is 46.6. The first kappa shape index (κ1) is 23.4. The second-order valence-corrected chi connectivity index (χ2v) is 12.5. The van der Waals surface area contributed by atoms with Gasteiger partial charge < -0.3 is 4.74 Å². The molecule has 0 bridgehead atoms. The van der Waals surface area contributed by atoms with Gasteiger partial charge in [0.15, 0.2) is 0 Å². The van der Waals surface area contributed by atoms with E-state index in [0.717, 1.165) is 42.4 Å². The SMILES string of the molecule is CC[C@H](C)/C=C/[C@@H](C)[C@H]1CC[C@H]2[C@@H]3CC[C@H]4C[C@@H](OC(C)=O)CC[C@]4(C)[C@H]3CC[C@]12C. The average Bonchev–Trinajstić information content (AvgIpc) is 3.09. The van der Waals surface area contributed by atoms with E-state index in [1.54, 1.807) is 6.92 Å². The fraction of sp³-hybridized carbons (Fsp3) is 0.897. The largest absolute Gasteiger partial charge is 0.463 e. The first-order valence-electron chi connectivity index (χ1n) is 13.5. The molecule has 0 aliphatic heterocycles. The van der Waals surface area contributed by atoms with Crippen molar-refractivity contribution in [3.8, 4) is 0 Å². The molecule has 0 heterocycles. The summed E-state index contributed by atoms with van der Waals surface area (Å²) < 4.78 is 5.65. The maximum absolute atomic E-state index is 11.5. The van der Waals surface area contributed by atoms with Gasteiger partial charge in [0.25, 0.3) is 0 Å². The van der Waals surface area contributed by atoms with E-state index in [9.17, 15) is 4.79 Å². The molecule has 0 aromatic carbocycles. The summed E-state index contributed by atoms with van der Waals surface area (Å²) in [5, 5.41) is 0. The number of esters is 1. The van der Waals surface area contributed by atoms with Crippen LogP contribution in [0, 0.1) is 52.3 Å². The van der Waals surface area contributed by atoms with E-state index >= 15 is 0 Å². The Kier molecular flexibility index (Phi) is 6.68. The van der Waals surface area contributed by atoms with Crippen LogP contribution in [0.1, 0.15) is 106 Å². The number of rotatable bonds is 5. The molecule has 10 atom stereocenters. The molecule has 4 saturated carbocycles. The molecule has 2 nitrogen and oxygen atoms in total. The molecule has 0 N–H and O–H groups in total. The van der Waals surface area contributed by atoms with Crippen LogP contribution in [0.4, 0.5) is 0 Å². The maximum atomic E-state index is 11.5. The van der Waals surface area contributed by atoms with E-state index in [2.05, 4.69) is 46.8 Å². The maximum Gasteiger partial charge on any atom is 0.302 e. The lowest BCUT2D eigenvalue weighted by Crippen LogP contribution is -2.54. The van der Waals surface area contributed by atoms with Crippen LogP contribution in [-0.2, 0) is 9.53 Å². The Bertz CT molecular complexity index is 682. The van der Waals surface area contributed by atoms with Crippen molar-refractivity contribution < 1.29 is 9.53 Å². The van der Waals surface area contributed by atoms with Gasteiger partial charge in [0, 0.05) is 6.92 Å². The lowest BCUT2D eigenvalue weighted by atomic mass is 9.44. The Balaban J connectivity index is 1.47. The Morgan fingerprint density at radius 3 is 2.39 bits per heavy atom. The monoisotopic (exact) mass is 428 g/mol. The summed E-state index contributed by atoms with van der Waals surface area (Å²) in [5.74, 6) is 5.71. The minimum atomic E-state index is -0.0933.